The highest BCUT2D eigenvalue weighted by atomic mass is 16.5. The Bertz CT molecular complexity index is 275. The summed E-state index contributed by atoms with van der Waals surface area (Å²) in [6.45, 7) is 0. The van der Waals surface area contributed by atoms with E-state index >= 15 is 0 Å². The maximum absolute atomic E-state index is 7.00. The van der Waals surface area contributed by atoms with Gasteiger partial charge in [0.25, 0.3) is 0 Å². The van der Waals surface area contributed by atoms with Crippen molar-refractivity contribution in [1.29, 1.82) is 0 Å². The van der Waals surface area contributed by atoms with E-state index in [1.807, 2.05) is 12.1 Å². The molecule has 0 aromatic rings. The maximum Gasteiger partial charge on any atom is 0.482 e. The molecule has 2 N–H and O–H groups in total. The molecule has 0 fully saturated rings. The van der Waals surface area contributed by atoms with Gasteiger partial charge in [-0.3, -0.25) is 0 Å². The van der Waals surface area contributed by atoms with Crippen LogP contribution >= 0.6 is 0 Å². The molecule has 5 heteroatoms. The molecular weight excluding hydrogens is 171 g/mol. The molecule has 0 unspecified atom stereocenters. The van der Waals surface area contributed by atoms with Crippen LogP contribution in [0.4, 0.5) is 0 Å². The average molecular weight is 181 g/mol. The van der Waals surface area contributed by atoms with Gasteiger partial charge in [0.2, 0.25) is 0 Å². The van der Waals surface area contributed by atoms with Crippen molar-refractivity contribution in [2.24, 2.45) is 0 Å². The first-order valence-corrected chi connectivity index (χ1v) is 3.65. The molecular formula is C8H10BO4. The summed E-state index contributed by atoms with van der Waals surface area (Å²) in [6.07, 6.45) is 0. The minimum atomic E-state index is 0. The summed E-state index contributed by atoms with van der Waals surface area (Å²) >= 11 is 0. The quantitative estimate of drug-likeness (QED) is 0.649. The van der Waals surface area contributed by atoms with Crippen LogP contribution in [0, 0.1) is 0 Å². The molecule has 0 saturated carbocycles. The van der Waals surface area contributed by atoms with Crippen LogP contribution in [0.2, 0.25) is 0 Å². The Morgan fingerprint density at radius 3 is 1.69 bits per heavy atom. The van der Waals surface area contributed by atoms with E-state index in [-0.39, 0.29) is 7.69 Å². The summed E-state index contributed by atoms with van der Waals surface area (Å²) in [5.74, 6) is 1.88. The molecule has 0 saturated heterocycles. The van der Waals surface area contributed by atoms with Crippen molar-refractivity contribution < 1.29 is 19.5 Å². The highest BCUT2D eigenvalue weighted by Crippen LogP contribution is 2.51. The molecule has 0 bridgehead atoms. The monoisotopic (exact) mass is 181 g/mol. The Morgan fingerprint density at radius 2 is 1.46 bits per heavy atom. The number of benzene rings is 1. The van der Waals surface area contributed by atoms with Gasteiger partial charge in [0, 0.05) is 0 Å². The Hall–Kier alpha value is -1.20. The van der Waals surface area contributed by atoms with Crippen LogP contribution in [-0.4, -0.2) is 32.0 Å². The normalized spacial score (nSPS) is 9.54. The van der Waals surface area contributed by atoms with Crippen molar-refractivity contribution in [2.45, 2.75) is 0 Å². The van der Waals surface area contributed by atoms with Gasteiger partial charge in [-0.05, 0) is 17.7 Å². The molecule has 4 nitrogen and oxygen atoms in total. The molecule has 0 heterocycles. The van der Waals surface area contributed by atoms with E-state index in [0.29, 0.717) is 0 Å². The lowest BCUT2D eigenvalue weighted by atomic mass is 9.90. The molecule has 0 spiro atoms. The van der Waals surface area contributed by atoms with E-state index in [9.17, 15) is 0 Å². The van der Waals surface area contributed by atoms with E-state index in [1.165, 1.54) is 5.56 Å². The Labute approximate surface area is 77.0 Å². The van der Waals surface area contributed by atoms with Crippen LogP contribution in [-0.2, 0) is 0 Å². The molecule has 13 heavy (non-hydrogen) atoms. The van der Waals surface area contributed by atoms with Crippen LogP contribution in [0.1, 0.15) is 0 Å². The highest BCUT2D eigenvalue weighted by Gasteiger charge is 2.24. The Morgan fingerprint density at radius 1 is 1.08 bits per heavy atom. The largest absolute Gasteiger partial charge is 0.496 e. The van der Waals surface area contributed by atoms with E-state index in [1.54, 1.807) is 14.2 Å². The van der Waals surface area contributed by atoms with Crippen LogP contribution in [0.3, 0.4) is 0 Å². The van der Waals surface area contributed by atoms with Gasteiger partial charge in [-0.1, -0.05) is 0 Å². The summed E-state index contributed by atoms with van der Waals surface area (Å²) in [4.78, 5) is 0. The zero-order valence-electron chi connectivity index (χ0n) is 7.44. The second-order valence-corrected chi connectivity index (χ2v) is 2.37. The molecule has 0 aromatic heterocycles. The second kappa shape index (κ2) is 4.16. The number of fused-ring (bicyclic) bond motifs is 1. The van der Waals surface area contributed by atoms with Gasteiger partial charge >= 0.3 is 7.69 Å². The second-order valence-electron chi connectivity index (χ2n) is 2.37. The van der Waals surface area contributed by atoms with E-state index in [0.717, 1.165) is 17.1 Å². The third-order valence-corrected chi connectivity index (χ3v) is 1.79. The first kappa shape index (κ1) is 9.89. The Kier molecular flexibility index (Phi) is 3.16. The number of methoxy groups -OCH3 is 2. The maximum atomic E-state index is 7.00. The number of rotatable bonds is 2. The van der Waals surface area contributed by atoms with Crippen molar-refractivity contribution in [3.63, 3.8) is 0 Å². The number of ether oxygens (including phenoxy) is 2. The number of hydrogen-bond donors (Lipinski definition) is 2. The van der Waals surface area contributed by atoms with Crippen LogP contribution in [0.15, 0.2) is 12.1 Å². The van der Waals surface area contributed by atoms with Crippen molar-refractivity contribution in [3.05, 3.63) is 12.1 Å². The fraction of sp³-hybridized carbons (Fsp3) is 0.250. The zero-order chi connectivity index (χ0) is 9.84. The van der Waals surface area contributed by atoms with Gasteiger partial charge in [0.15, 0.2) is 0 Å². The Balaban J connectivity index is 0.000000251. The molecule has 69 valence electrons. The molecule has 0 aliphatic heterocycles. The molecule has 1 radical (unpaired) electrons. The first-order valence-electron chi connectivity index (χ1n) is 3.65. The molecule has 0 amide bonds. The summed E-state index contributed by atoms with van der Waals surface area (Å²) in [5, 5.41) is 14.0. The van der Waals surface area contributed by atoms with Gasteiger partial charge in [-0.2, -0.15) is 0 Å². The summed E-state index contributed by atoms with van der Waals surface area (Å²) in [5.41, 5.74) is 2.39. The van der Waals surface area contributed by atoms with Crippen LogP contribution in [0.5, 0.6) is 11.5 Å². The predicted molar refractivity (Wildman–Crippen MR) is 48.7 cm³/mol. The standard InChI is InChI=1S/C8H8O2.BH2O2/c1-9-6-3-5-4-7(10-2)8(5)6;2-1-3/h3-4H,1-2H3;2-3H. The van der Waals surface area contributed by atoms with Gasteiger partial charge < -0.3 is 19.5 Å². The molecule has 2 aliphatic carbocycles. The van der Waals surface area contributed by atoms with Crippen molar-refractivity contribution >= 4 is 7.69 Å². The average Bonchev–Trinajstić information content (AvgIpc) is 2.09. The van der Waals surface area contributed by atoms with Crippen LogP contribution in [0.25, 0.3) is 11.1 Å². The van der Waals surface area contributed by atoms with E-state index in [2.05, 4.69) is 0 Å². The predicted octanol–water partition coefficient (Wildman–Crippen LogP) is 0.189. The third kappa shape index (κ3) is 1.61. The summed E-state index contributed by atoms with van der Waals surface area (Å²) in [6, 6.07) is 4.00. The fourth-order valence-electron chi connectivity index (χ4n) is 1.19. The molecule has 2 aliphatic rings. The smallest absolute Gasteiger partial charge is 0.482 e. The summed E-state index contributed by atoms with van der Waals surface area (Å²) in [7, 11) is 3.34. The van der Waals surface area contributed by atoms with E-state index < -0.39 is 0 Å². The first-order chi connectivity index (χ1) is 6.28. The fourth-order valence-corrected chi connectivity index (χ4v) is 1.19. The van der Waals surface area contributed by atoms with Gasteiger partial charge in [0.1, 0.15) is 11.5 Å². The van der Waals surface area contributed by atoms with Crippen molar-refractivity contribution in [3.8, 4) is 22.6 Å². The zero-order valence-corrected chi connectivity index (χ0v) is 7.44. The van der Waals surface area contributed by atoms with E-state index in [4.69, 9.17) is 19.5 Å². The third-order valence-electron chi connectivity index (χ3n) is 1.79. The molecule has 0 aromatic carbocycles. The molecule has 0 atom stereocenters. The minimum absolute atomic E-state index is 0. The lowest BCUT2D eigenvalue weighted by Crippen LogP contribution is -2.01. The van der Waals surface area contributed by atoms with Gasteiger partial charge in [-0.15, -0.1) is 0 Å². The SMILES string of the molecule is COc1cc2cc(OC)c1-2.O[B]O. The van der Waals surface area contributed by atoms with Crippen molar-refractivity contribution in [1.82, 2.24) is 0 Å². The molecule has 2 rings (SSSR count). The minimum Gasteiger partial charge on any atom is -0.496 e. The topological polar surface area (TPSA) is 58.9 Å². The van der Waals surface area contributed by atoms with Gasteiger partial charge in [-0.25, -0.2) is 0 Å². The lowest BCUT2D eigenvalue weighted by Gasteiger charge is -2.23. The van der Waals surface area contributed by atoms with Gasteiger partial charge in [0.05, 0.1) is 19.8 Å². The highest BCUT2D eigenvalue weighted by molar-refractivity contribution is 6.13. The lowest BCUT2D eigenvalue weighted by molar-refractivity contribution is 0.390. The summed E-state index contributed by atoms with van der Waals surface area (Å²) < 4.78 is 10.1. The van der Waals surface area contributed by atoms with Crippen molar-refractivity contribution in [2.75, 3.05) is 14.2 Å². The van der Waals surface area contributed by atoms with Crippen LogP contribution < -0.4 is 9.47 Å². The number of hydrogen-bond acceptors (Lipinski definition) is 4.